The predicted octanol–water partition coefficient (Wildman–Crippen LogP) is 5.40. The van der Waals surface area contributed by atoms with Crippen LogP contribution in [0.3, 0.4) is 0 Å². The van der Waals surface area contributed by atoms with E-state index in [9.17, 15) is 18.8 Å². The SMILES string of the molecule is O=C(c1ccc(F)cc1)[C@@H]1[C@@H](C(=O)c2ccco2)[C@@]2(C(=O)Nc3ccccc32)[C@H]2c3ccccc3C=CN12. The highest BCUT2D eigenvalue weighted by Crippen LogP contribution is 2.62. The molecule has 7 rings (SSSR count). The summed E-state index contributed by atoms with van der Waals surface area (Å²) in [6.45, 7) is 0. The molecule has 1 fully saturated rings. The molecule has 38 heavy (non-hydrogen) atoms. The third kappa shape index (κ3) is 2.90. The number of rotatable bonds is 4. The summed E-state index contributed by atoms with van der Waals surface area (Å²) in [7, 11) is 0. The van der Waals surface area contributed by atoms with Crippen LogP contribution >= 0.6 is 0 Å². The number of halogens is 1. The molecule has 3 aromatic carbocycles. The minimum absolute atomic E-state index is 0.0700. The van der Waals surface area contributed by atoms with Gasteiger partial charge in [0, 0.05) is 17.5 Å². The number of amides is 1. The van der Waals surface area contributed by atoms with Crippen LogP contribution in [-0.4, -0.2) is 28.4 Å². The van der Waals surface area contributed by atoms with E-state index in [1.807, 2.05) is 53.4 Å². The van der Waals surface area contributed by atoms with Crippen LogP contribution < -0.4 is 5.32 Å². The van der Waals surface area contributed by atoms with Crippen LogP contribution in [0.25, 0.3) is 6.08 Å². The molecule has 1 aromatic heterocycles. The first-order valence-electron chi connectivity index (χ1n) is 12.3. The van der Waals surface area contributed by atoms with Crippen molar-refractivity contribution >= 4 is 29.2 Å². The molecule has 4 heterocycles. The molecule has 7 heteroatoms. The Morgan fingerprint density at radius 2 is 1.66 bits per heavy atom. The predicted molar refractivity (Wildman–Crippen MR) is 138 cm³/mol. The second-order valence-corrected chi connectivity index (χ2v) is 9.80. The van der Waals surface area contributed by atoms with Crippen molar-refractivity contribution in [1.82, 2.24) is 4.90 Å². The van der Waals surface area contributed by atoms with E-state index < -0.39 is 35.0 Å². The first kappa shape index (κ1) is 22.4. The number of benzene rings is 3. The van der Waals surface area contributed by atoms with Gasteiger partial charge in [0.25, 0.3) is 0 Å². The summed E-state index contributed by atoms with van der Waals surface area (Å²) in [6, 6.07) is 21.7. The molecule has 0 aliphatic carbocycles. The summed E-state index contributed by atoms with van der Waals surface area (Å²) in [6.07, 6.45) is 5.09. The van der Waals surface area contributed by atoms with Crippen molar-refractivity contribution in [3.63, 3.8) is 0 Å². The molecule has 186 valence electrons. The lowest BCUT2D eigenvalue weighted by molar-refractivity contribution is -0.122. The number of hydrogen-bond acceptors (Lipinski definition) is 5. The zero-order chi connectivity index (χ0) is 26.0. The highest BCUT2D eigenvalue weighted by Gasteiger charge is 2.71. The Morgan fingerprint density at radius 3 is 2.45 bits per heavy atom. The summed E-state index contributed by atoms with van der Waals surface area (Å²) in [5.41, 5.74) is 1.84. The Bertz CT molecular complexity index is 1640. The second-order valence-electron chi connectivity index (χ2n) is 9.80. The van der Waals surface area contributed by atoms with Crippen molar-refractivity contribution in [2.75, 3.05) is 5.32 Å². The van der Waals surface area contributed by atoms with Crippen LogP contribution in [0.2, 0.25) is 0 Å². The van der Waals surface area contributed by atoms with Gasteiger partial charge in [0.2, 0.25) is 11.7 Å². The van der Waals surface area contributed by atoms with Crippen molar-refractivity contribution in [2.45, 2.75) is 17.5 Å². The average Bonchev–Trinajstić information content (AvgIpc) is 3.65. The van der Waals surface area contributed by atoms with Gasteiger partial charge in [-0.25, -0.2) is 4.39 Å². The maximum atomic E-state index is 14.3. The quantitative estimate of drug-likeness (QED) is 0.377. The van der Waals surface area contributed by atoms with E-state index in [2.05, 4.69) is 5.32 Å². The fourth-order valence-electron chi connectivity index (χ4n) is 6.52. The topological polar surface area (TPSA) is 79.6 Å². The van der Waals surface area contributed by atoms with Gasteiger partial charge in [0.15, 0.2) is 11.5 Å². The third-order valence-corrected chi connectivity index (χ3v) is 8.01. The first-order valence-corrected chi connectivity index (χ1v) is 12.3. The lowest BCUT2D eigenvalue weighted by atomic mass is 9.63. The van der Waals surface area contributed by atoms with Crippen molar-refractivity contribution in [2.24, 2.45) is 5.92 Å². The summed E-state index contributed by atoms with van der Waals surface area (Å²) >= 11 is 0. The van der Waals surface area contributed by atoms with E-state index in [0.29, 0.717) is 11.3 Å². The van der Waals surface area contributed by atoms with Gasteiger partial charge in [-0.3, -0.25) is 14.4 Å². The molecule has 6 nitrogen and oxygen atoms in total. The number of Topliss-reactive ketones (excluding diaryl/α,β-unsaturated/α-hetero) is 2. The average molecular weight is 505 g/mol. The van der Waals surface area contributed by atoms with Crippen LogP contribution in [0.1, 0.15) is 43.6 Å². The number of carbonyl (C=O) groups is 3. The maximum Gasteiger partial charge on any atom is 0.238 e. The Morgan fingerprint density at radius 1 is 0.895 bits per heavy atom. The number of nitrogens with zero attached hydrogens (tertiary/aromatic N) is 1. The normalized spacial score (nSPS) is 24.6. The van der Waals surface area contributed by atoms with E-state index in [1.54, 1.807) is 24.4 Å². The molecular formula is C31H21FN2O4. The van der Waals surface area contributed by atoms with Gasteiger partial charge in [-0.1, -0.05) is 42.5 Å². The zero-order valence-electron chi connectivity index (χ0n) is 20.0. The van der Waals surface area contributed by atoms with Gasteiger partial charge in [-0.15, -0.1) is 0 Å². The molecule has 1 amide bonds. The monoisotopic (exact) mass is 504 g/mol. The number of para-hydroxylation sites is 1. The van der Waals surface area contributed by atoms with E-state index in [0.717, 1.165) is 11.1 Å². The Balaban J connectivity index is 1.54. The highest BCUT2D eigenvalue weighted by atomic mass is 19.1. The summed E-state index contributed by atoms with van der Waals surface area (Å²) in [4.78, 5) is 44.7. The molecule has 0 bridgehead atoms. The van der Waals surface area contributed by atoms with Gasteiger partial charge in [0.05, 0.1) is 18.2 Å². The molecule has 1 spiro atoms. The number of ketones is 2. The summed E-state index contributed by atoms with van der Waals surface area (Å²) < 4.78 is 19.3. The van der Waals surface area contributed by atoms with Crippen molar-refractivity contribution in [3.8, 4) is 0 Å². The van der Waals surface area contributed by atoms with Gasteiger partial charge in [-0.2, -0.15) is 0 Å². The van der Waals surface area contributed by atoms with Crippen molar-refractivity contribution < 1.29 is 23.2 Å². The second kappa shape index (κ2) is 8.11. The molecule has 4 aromatic rings. The maximum absolute atomic E-state index is 14.3. The minimum atomic E-state index is -1.43. The molecule has 1 saturated heterocycles. The van der Waals surface area contributed by atoms with E-state index in [4.69, 9.17) is 4.42 Å². The molecule has 1 N–H and O–H groups in total. The van der Waals surface area contributed by atoms with Crippen molar-refractivity contribution in [1.29, 1.82) is 0 Å². The Kier molecular flexibility index (Phi) is 4.79. The largest absolute Gasteiger partial charge is 0.461 e. The van der Waals surface area contributed by atoms with Crippen molar-refractivity contribution in [3.05, 3.63) is 131 Å². The third-order valence-electron chi connectivity index (χ3n) is 8.01. The lowest BCUT2D eigenvalue weighted by Gasteiger charge is -2.38. The fourth-order valence-corrected chi connectivity index (χ4v) is 6.52. The summed E-state index contributed by atoms with van der Waals surface area (Å²) in [5, 5.41) is 3.00. The fraction of sp³-hybridized carbons (Fsp3) is 0.129. The highest BCUT2D eigenvalue weighted by molar-refractivity contribution is 6.16. The zero-order valence-corrected chi connectivity index (χ0v) is 20.0. The molecule has 0 unspecified atom stereocenters. The number of carbonyl (C=O) groups excluding carboxylic acids is 3. The molecule has 3 aliphatic heterocycles. The Labute approximate surface area is 217 Å². The molecule has 0 radical (unpaired) electrons. The van der Waals surface area contributed by atoms with Gasteiger partial charge in [0.1, 0.15) is 17.3 Å². The van der Waals surface area contributed by atoms with Gasteiger partial charge in [-0.05, 0) is 65.2 Å². The molecule has 3 aliphatic rings. The van der Waals surface area contributed by atoms with Crippen LogP contribution in [0.4, 0.5) is 10.1 Å². The van der Waals surface area contributed by atoms with E-state index in [-0.39, 0.29) is 23.0 Å². The molecular weight excluding hydrogens is 483 g/mol. The standard InChI is InChI=1S/C31H21FN2O4/c32-20-13-11-19(12-14-20)27(35)26-25(28(36)24-10-5-17-38-24)31(22-8-3-4-9-23(22)33-30(31)37)29-21-7-2-1-6-18(21)15-16-34(26)29/h1-17,25-26,29H,(H,33,37)/t25-,26-,29+,31+/m0/s1. The van der Waals surface area contributed by atoms with Gasteiger partial charge < -0.3 is 14.6 Å². The van der Waals surface area contributed by atoms with Crippen LogP contribution in [0.5, 0.6) is 0 Å². The van der Waals surface area contributed by atoms with Crippen LogP contribution in [-0.2, 0) is 10.2 Å². The minimum Gasteiger partial charge on any atom is -0.461 e. The van der Waals surface area contributed by atoms with E-state index >= 15 is 0 Å². The smallest absolute Gasteiger partial charge is 0.238 e. The van der Waals surface area contributed by atoms with Gasteiger partial charge >= 0.3 is 0 Å². The number of fused-ring (bicyclic) bond motifs is 6. The first-order chi connectivity index (χ1) is 18.5. The number of hydrogen-bond donors (Lipinski definition) is 1. The number of anilines is 1. The van der Waals surface area contributed by atoms with Crippen LogP contribution in [0.15, 0.2) is 102 Å². The molecule has 4 atom stereocenters. The van der Waals surface area contributed by atoms with E-state index in [1.165, 1.54) is 30.5 Å². The number of furan rings is 1. The number of nitrogens with one attached hydrogen (secondary N) is 1. The Hall–Kier alpha value is -4.78. The summed E-state index contributed by atoms with van der Waals surface area (Å²) in [5.74, 6) is -2.70. The molecule has 0 saturated carbocycles. The van der Waals surface area contributed by atoms with Crippen LogP contribution in [0, 0.1) is 11.7 Å². The lowest BCUT2D eigenvalue weighted by Crippen LogP contribution is -2.49.